The number of hydrogen-bond donors (Lipinski definition) is 0. The van der Waals surface area contributed by atoms with Gasteiger partial charge in [-0.1, -0.05) is 12.1 Å². The lowest BCUT2D eigenvalue weighted by molar-refractivity contribution is -0.188. The summed E-state index contributed by atoms with van der Waals surface area (Å²) in [6.45, 7) is 1.50. The molecule has 0 aliphatic carbocycles. The van der Waals surface area contributed by atoms with Crippen LogP contribution in [0, 0.1) is 18.7 Å². The summed E-state index contributed by atoms with van der Waals surface area (Å²) in [6.07, 6.45) is -3.89. The molecule has 0 saturated carbocycles. The van der Waals surface area contributed by atoms with Crippen LogP contribution in [-0.2, 0) is 11.2 Å². The van der Waals surface area contributed by atoms with E-state index in [-0.39, 0.29) is 32.4 Å². The molecule has 1 aromatic carbocycles. The Morgan fingerprint density at radius 3 is 2.59 bits per heavy atom. The number of likely N-dealkylation sites (tertiary alicyclic amines) is 1. The van der Waals surface area contributed by atoms with Crippen molar-refractivity contribution < 1.29 is 22.4 Å². The average Bonchev–Trinajstić information content (AvgIpc) is 3.06. The number of aromatic nitrogens is 4. The van der Waals surface area contributed by atoms with Crippen molar-refractivity contribution >= 4 is 5.91 Å². The third-order valence-electron chi connectivity index (χ3n) is 4.78. The third-order valence-corrected chi connectivity index (χ3v) is 4.78. The Kier molecular flexibility index (Phi) is 5.43. The predicted molar refractivity (Wildman–Crippen MR) is 87.1 cm³/mol. The average molecular weight is 385 g/mol. The fraction of sp³-hybridized carbons (Fsp3) is 0.529. The quantitative estimate of drug-likeness (QED) is 0.760. The summed E-state index contributed by atoms with van der Waals surface area (Å²) < 4.78 is 53.7. The first kappa shape index (κ1) is 19.2. The van der Waals surface area contributed by atoms with Gasteiger partial charge in [-0.05, 0) is 47.9 Å². The highest BCUT2D eigenvalue weighted by Gasteiger charge is 2.43. The zero-order valence-electron chi connectivity index (χ0n) is 14.7. The zero-order valence-corrected chi connectivity index (χ0v) is 14.7. The summed E-state index contributed by atoms with van der Waals surface area (Å²) in [4.78, 5) is 14.3. The van der Waals surface area contributed by atoms with Gasteiger partial charge in [0.1, 0.15) is 17.7 Å². The highest BCUT2D eigenvalue weighted by molar-refractivity contribution is 5.81. The normalized spacial score (nSPS) is 19.1. The van der Waals surface area contributed by atoms with Gasteiger partial charge in [0.15, 0.2) is 0 Å². The van der Waals surface area contributed by atoms with Crippen molar-refractivity contribution in [3.63, 3.8) is 0 Å². The molecule has 1 aromatic heterocycles. The van der Waals surface area contributed by atoms with Gasteiger partial charge in [0.2, 0.25) is 5.91 Å². The molecule has 0 spiro atoms. The molecule has 0 radical (unpaired) electrons. The second-order valence-electron chi connectivity index (χ2n) is 6.68. The molecule has 0 bridgehead atoms. The first-order valence-corrected chi connectivity index (χ1v) is 8.60. The molecule has 27 heavy (non-hydrogen) atoms. The summed E-state index contributed by atoms with van der Waals surface area (Å²) >= 11 is 0. The molecule has 2 heterocycles. The molecule has 146 valence electrons. The smallest absolute Gasteiger partial charge is 0.340 e. The van der Waals surface area contributed by atoms with Crippen LogP contribution >= 0.6 is 0 Å². The Hall–Kier alpha value is -2.52. The number of hydrogen-bond acceptors (Lipinski definition) is 4. The number of rotatable bonds is 4. The number of halogens is 4. The van der Waals surface area contributed by atoms with E-state index in [2.05, 4.69) is 15.5 Å². The van der Waals surface area contributed by atoms with E-state index in [9.17, 15) is 22.4 Å². The van der Waals surface area contributed by atoms with E-state index in [1.165, 1.54) is 33.8 Å². The van der Waals surface area contributed by atoms with Crippen LogP contribution < -0.4 is 0 Å². The second kappa shape index (κ2) is 7.61. The molecule has 1 aliphatic rings. The highest BCUT2D eigenvalue weighted by Crippen LogP contribution is 2.34. The van der Waals surface area contributed by atoms with Gasteiger partial charge < -0.3 is 4.90 Å². The SMILES string of the molecule is Cc1nnnn1C(Cc1ccc(F)cc1)C(=O)N1CCCC(C(F)(F)F)C1. The maximum Gasteiger partial charge on any atom is 0.393 e. The van der Waals surface area contributed by atoms with Gasteiger partial charge in [0, 0.05) is 19.5 Å². The van der Waals surface area contributed by atoms with E-state index in [4.69, 9.17) is 0 Å². The van der Waals surface area contributed by atoms with Crippen LogP contribution in [0.5, 0.6) is 0 Å². The Balaban J connectivity index is 1.85. The van der Waals surface area contributed by atoms with Crippen molar-refractivity contribution in [3.05, 3.63) is 41.5 Å². The van der Waals surface area contributed by atoms with Crippen LogP contribution in [-0.4, -0.2) is 50.3 Å². The first-order chi connectivity index (χ1) is 12.8. The number of nitrogens with zero attached hydrogens (tertiary/aromatic N) is 5. The fourth-order valence-electron chi connectivity index (χ4n) is 3.30. The van der Waals surface area contributed by atoms with E-state index in [1.807, 2.05) is 0 Å². The lowest BCUT2D eigenvalue weighted by Crippen LogP contribution is -2.47. The van der Waals surface area contributed by atoms with Crippen LogP contribution in [0.3, 0.4) is 0 Å². The van der Waals surface area contributed by atoms with Gasteiger partial charge in [0.05, 0.1) is 5.92 Å². The van der Waals surface area contributed by atoms with Gasteiger partial charge >= 0.3 is 6.18 Å². The van der Waals surface area contributed by atoms with E-state index in [0.717, 1.165) is 0 Å². The van der Waals surface area contributed by atoms with Crippen LogP contribution in [0.15, 0.2) is 24.3 Å². The molecule has 2 atom stereocenters. The first-order valence-electron chi connectivity index (χ1n) is 8.60. The van der Waals surface area contributed by atoms with E-state index >= 15 is 0 Å². The fourth-order valence-corrected chi connectivity index (χ4v) is 3.30. The minimum atomic E-state index is -4.34. The molecule has 2 unspecified atom stereocenters. The van der Waals surface area contributed by atoms with Crippen LogP contribution in [0.1, 0.15) is 30.3 Å². The molecule has 1 fully saturated rings. The molecule has 6 nitrogen and oxygen atoms in total. The molecule has 0 N–H and O–H groups in total. The standard InChI is InChI=1S/C17H19F4N5O/c1-11-22-23-24-26(11)15(9-12-4-6-14(18)7-5-12)16(27)25-8-2-3-13(10-25)17(19,20)21/h4-7,13,15H,2-3,8-10H2,1H3. The number of aryl methyl sites for hydroxylation is 1. The van der Waals surface area contributed by atoms with Gasteiger partial charge in [-0.15, -0.1) is 5.10 Å². The minimum absolute atomic E-state index is 0.0137. The third kappa shape index (κ3) is 4.42. The number of tetrazole rings is 1. The monoisotopic (exact) mass is 385 g/mol. The number of alkyl halides is 3. The number of piperidine rings is 1. The van der Waals surface area contributed by atoms with Gasteiger partial charge in [-0.25, -0.2) is 9.07 Å². The van der Waals surface area contributed by atoms with E-state index in [1.54, 1.807) is 6.92 Å². The Morgan fingerprint density at radius 1 is 1.30 bits per heavy atom. The van der Waals surface area contributed by atoms with Crippen molar-refractivity contribution in [2.24, 2.45) is 5.92 Å². The summed E-state index contributed by atoms with van der Waals surface area (Å²) in [7, 11) is 0. The van der Waals surface area contributed by atoms with E-state index in [0.29, 0.717) is 11.4 Å². The maximum absolute atomic E-state index is 13.1. The predicted octanol–water partition coefficient (Wildman–Crippen LogP) is 2.71. The number of carbonyl (C=O) groups is 1. The van der Waals surface area contributed by atoms with Crippen LogP contribution in [0.2, 0.25) is 0 Å². The van der Waals surface area contributed by atoms with Gasteiger partial charge in [-0.2, -0.15) is 13.2 Å². The zero-order chi connectivity index (χ0) is 19.6. The molecule has 3 rings (SSSR count). The summed E-state index contributed by atoms with van der Waals surface area (Å²) in [5, 5.41) is 11.1. The summed E-state index contributed by atoms with van der Waals surface area (Å²) in [6, 6.07) is 4.71. The molecule has 2 aromatic rings. The molecular weight excluding hydrogens is 366 g/mol. The van der Waals surface area contributed by atoms with Crippen molar-refractivity contribution in [2.45, 2.75) is 38.4 Å². The van der Waals surface area contributed by atoms with Gasteiger partial charge in [-0.3, -0.25) is 4.79 Å². The van der Waals surface area contributed by atoms with E-state index < -0.39 is 29.9 Å². The van der Waals surface area contributed by atoms with Gasteiger partial charge in [0.25, 0.3) is 0 Å². The number of benzene rings is 1. The lowest BCUT2D eigenvalue weighted by atomic mass is 9.96. The van der Waals surface area contributed by atoms with Crippen molar-refractivity contribution in [3.8, 4) is 0 Å². The topological polar surface area (TPSA) is 63.9 Å². The molecule has 1 aliphatic heterocycles. The van der Waals surface area contributed by atoms with Crippen molar-refractivity contribution in [2.75, 3.05) is 13.1 Å². The molecule has 10 heteroatoms. The minimum Gasteiger partial charge on any atom is -0.340 e. The Labute approximate surface area is 153 Å². The second-order valence-corrected chi connectivity index (χ2v) is 6.68. The largest absolute Gasteiger partial charge is 0.393 e. The van der Waals surface area contributed by atoms with Crippen molar-refractivity contribution in [1.29, 1.82) is 0 Å². The molecule has 1 amide bonds. The maximum atomic E-state index is 13.1. The Morgan fingerprint density at radius 2 is 2.00 bits per heavy atom. The van der Waals surface area contributed by atoms with Crippen molar-refractivity contribution in [1.82, 2.24) is 25.1 Å². The molecule has 1 saturated heterocycles. The number of amides is 1. The summed E-state index contributed by atoms with van der Waals surface area (Å²) in [5.74, 6) is -2.04. The van der Waals surface area contributed by atoms with Crippen LogP contribution in [0.4, 0.5) is 17.6 Å². The highest BCUT2D eigenvalue weighted by atomic mass is 19.4. The Bertz CT molecular complexity index is 789. The summed E-state index contributed by atoms with van der Waals surface area (Å²) in [5.41, 5.74) is 0.661. The number of carbonyl (C=O) groups excluding carboxylic acids is 1. The van der Waals surface area contributed by atoms with Crippen LogP contribution in [0.25, 0.3) is 0 Å². The lowest BCUT2D eigenvalue weighted by Gasteiger charge is -2.35. The molecular formula is C17H19F4N5O.